The second kappa shape index (κ2) is 8.34. The lowest BCUT2D eigenvalue weighted by Gasteiger charge is -2.36. The van der Waals surface area contributed by atoms with Crippen LogP contribution in [0.15, 0.2) is 72.8 Å². The van der Waals surface area contributed by atoms with E-state index in [-0.39, 0.29) is 17.5 Å². The second-order valence-corrected chi connectivity index (χ2v) is 9.61. The Morgan fingerprint density at radius 1 is 0.946 bits per heavy atom. The molecule has 0 radical (unpaired) electrons. The molecule has 1 saturated heterocycles. The van der Waals surface area contributed by atoms with Gasteiger partial charge in [0.05, 0.1) is 26.2 Å². The van der Waals surface area contributed by atoms with Crippen molar-refractivity contribution in [3.8, 4) is 11.5 Å². The summed E-state index contributed by atoms with van der Waals surface area (Å²) in [6, 6.07) is 18.7. The quantitative estimate of drug-likeness (QED) is 0.534. The number of carbonyl (C=O) groups excluding carboxylic acids is 3. The number of carbonyl (C=O) groups is 3. The van der Waals surface area contributed by atoms with Gasteiger partial charge in [-0.1, -0.05) is 48.6 Å². The van der Waals surface area contributed by atoms with Crippen molar-refractivity contribution in [3.63, 3.8) is 0 Å². The number of methoxy groups -OCH3 is 2. The molecule has 3 aliphatic heterocycles. The van der Waals surface area contributed by atoms with Crippen LogP contribution in [-0.4, -0.2) is 43.8 Å². The average Bonchev–Trinajstić information content (AvgIpc) is 3.40. The van der Waals surface area contributed by atoms with Crippen LogP contribution in [0.2, 0.25) is 0 Å². The topological polar surface area (TPSA) is 84.9 Å². The van der Waals surface area contributed by atoms with Crippen molar-refractivity contribution in [1.82, 2.24) is 0 Å². The highest BCUT2D eigenvalue weighted by molar-refractivity contribution is 6.17. The average molecular weight is 495 g/mol. The van der Waals surface area contributed by atoms with Crippen LogP contribution in [0, 0.1) is 5.92 Å². The largest absolute Gasteiger partial charge is 0.493 e. The van der Waals surface area contributed by atoms with Crippen LogP contribution in [-0.2, 0) is 15.0 Å². The zero-order chi connectivity index (χ0) is 25.9. The molecule has 37 heavy (non-hydrogen) atoms. The van der Waals surface area contributed by atoms with E-state index < -0.39 is 23.4 Å². The molecule has 4 atom stereocenters. The molecular weight excluding hydrogens is 468 g/mol. The molecule has 1 N–H and O–H groups in total. The third-order valence-corrected chi connectivity index (χ3v) is 7.88. The molecule has 0 saturated carbocycles. The number of Topliss-reactive ketones (excluding diaryl/α,β-unsaturated/α-hetero) is 2. The number of amides is 1. The van der Waals surface area contributed by atoms with Crippen molar-refractivity contribution in [1.29, 1.82) is 0 Å². The molecular formula is C30H26N2O5. The van der Waals surface area contributed by atoms with Gasteiger partial charge in [0, 0.05) is 16.9 Å². The third-order valence-electron chi connectivity index (χ3n) is 7.88. The van der Waals surface area contributed by atoms with Gasteiger partial charge in [-0.15, -0.1) is 0 Å². The Balaban J connectivity index is 1.63. The summed E-state index contributed by atoms with van der Waals surface area (Å²) in [7, 11) is 3.04. The van der Waals surface area contributed by atoms with Gasteiger partial charge >= 0.3 is 0 Å². The first-order valence-electron chi connectivity index (χ1n) is 12.2. The minimum atomic E-state index is -1.42. The van der Waals surface area contributed by atoms with Gasteiger partial charge in [-0.2, -0.15) is 0 Å². The van der Waals surface area contributed by atoms with Crippen LogP contribution >= 0.6 is 0 Å². The first-order valence-corrected chi connectivity index (χ1v) is 12.2. The van der Waals surface area contributed by atoms with Crippen LogP contribution in [0.3, 0.4) is 0 Å². The highest BCUT2D eigenvalue weighted by Crippen LogP contribution is 2.57. The number of ether oxygens (including phenoxy) is 2. The fraction of sp³-hybridized carbons (Fsp3) is 0.233. The van der Waals surface area contributed by atoms with Crippen molar-refractivity contribution in [2.45, 2.75) is 24.4 Å². The highest BCUT2D eigenvalue weighted by Gasteiger charge is 2.70. The van der Waals surface area contributed by atoms with Crippen LogP contribution in [0.25, 0.3) is 6.08 Å². The molecule has 1 amide bonds. The Bertz CT molecular complexity index is 1490. The van der Waals surface area contributed by atoms with E-state index in [1.165, 1.54) is 21.1 Å². The van der Waals surface area contributed by atoms with Gasteiger partial charge in [-0.25, -0.2) is 0 Å². The number of fused-ring (bicyclic) bond motifs is 5. The van der Waals surface area contributed by atoms with Gasteiger partial charge < -0.3 is 19.7 Å². The molecule has 0 aromatic heterocycles. The number of nitrogens with one attached hydrogen (secondary N) is 1. The summed E-state index contributed by atoms with van der Waals surface area (Å²) < 4.78 is 10.8. The normalized spacial score (nSPS) is 24.8. The lowest BCUT2D eigenvalue weighted by Crippen LogP contribution is -2.54. The van der Waals surface area contributed by atoms with Crippen molar-refractivity contribution < 1.29 is 23.9 Å². The van der Waals surface area contributed by atoms with Crippen molar-refractivity contribution >= 4 is 34.9 Å². The Morgan fingerprint density at radius 3 is 2.43 bits per heavy atom. The number of hydrogen-bond acceptors (Lipinski definition) is 6. The summed E-state index contributed by atoms with van der Waals surface area (Å²) in [6.45, 7) is 1.50. The molecule has 0 aliphatic carbocycles. The van der Waals surface area contributed by atoms with E-state index in [4.69, 9.17) is 9.47 Å². The molecule has 3 aromatic rings. The van der Waals surface area contributed by atoms with E-state index in [0.717, 1.165) is 11.3 Å². The van der Waals surface area contributed by atoms with Gasteiger partial charge in [0.15, 0.2) is 23.1 Å². The maximum absolute atomic E-state index is 14.5. The van der Waals surface area contributed by atoms with Gasteiger partial charge in [0.25, 0.3) is 0 Å². The minimum absolute atomic E-state index is 0.176. The SMILES string of the molecule is COc1ccc(C(=O)[C@H]2C3C=Cc4ccccc4N3[C@@H](C(C)=O)[C@@]23C(=O)Nc2ccccc23)cc1OC. The van der Waals surface area contributed by atoms with E-state index in [2.05, 4.69) is 5.32 Å². The van der Waals surface area contributed by atoms with E-state index in [1.807, 2.05) is 65.6 Å². The maximum atomic E-state index is 14.5. The third kappa shape index (κ3) is 3.03. The van der Waals surface area contributed by atoms with Crippen LogP contribution in [0.5, 0.6) is 11.5 Å². The standard InChI is InChI=1S/C30H26N2O5/c1-17(33)28-30(20-9-5-6-10-21(20)31-29(30)35)26(23-14-12-18-8-4-7-11-22(18)32(23)28)27(34)19-13-15-24(36-2)25(16-19)37-3/h4-16,23,26,28H,1-3H3,(H,31,35)/t23?,26-,28+,30+/m1/s1. The lowest BCUT2D eigenvalue weighted by molar-refractivity contribution is -0.127. The summed E-state index contributed by atoms with van der Waals surface area (Å²) in [4.78, 5) is 44.1. The fourth-order valence-corrected chi connectivity index (χ4v) is 6.49. The predicted molar refractivity (Wildman–Crippen MR) is 140 cm³/mol. The fourth-order valence-electron chi connectivity index (χ4n) is 6.49. The maximum Gasteiger partial charge on any atom is 0.238 e. The molecule has 186 valence electrons. The summed E-state index contributed by atoms with van der Waals surface area (Å²) in [5, 5.41) is 2.99. The zero-order valence-electron chi connectivity index (χ0n) is 20.7. The molecule has 3 aliphatic rings. The second-order valence-electron chi connectivity index (χ2n) is 9.61. The molecule has 7 nitrogen and oxygen atoms in total. The van der Waals surface area contributed by atoms with Crippen LogP contribution in [0.4, 0.5) is 11.4 Å². The first-order chi connectivity index (χ1) is 17.9. The molecule has 3 aromatic carbocycles. The van der Waals surface area contributed by atoms with Gasteiger partial charge in [-0.05, 0) is 48.4 Å². The highest BCUT2D eigenvalue weighted by atomic mass is 16.5. The molecule has 6 rings (SSSR count). The zero-order valence-corrected chi connectivity index (χ0v) is 20.7. The van der Waals surface area contributed by atoms with E-state index in [9.17, 15) is 14.4 Å². The first kappa shape index (κ1) is 23.0. The number of para-hydroxylation sites is 2. The molecule has 1 unspecified atom stereocenters. The Hall–Kier alpha value is -4.39. The van der Waals surface area contributed by atoms with Crippen molar-refractivity contribution in [2.75, 3.05) is 24.4 Å². The number of anilines is 2. The number of hydrogen-bond donors (Lipinski definition) is 1. The smallest absolute Gasteiger partial charge is 0.238 e. The Kier molecular flexibility index (Phi) is 5.19. The Labute approximate surface area is 214 Å². The summed E-state index contributed by atoms with van der Waals surface area (Å²) in [5.41, 5.74) is 2.02. The van der Waals surface area contributed by atoms with E-state index in [0.29, 0.717) is 28.3 Å². The van der Waals surface area contributed by atoms with Crippen LogP contribution < -0.4 is 19.7 Å². The number of rotatable bonds is 5. The van der Waals surface area contributed by atoms with Crippen molar-refractivity contribution in [3.05, 3.63) is 89.5 Å². The number of benzene rings is 3. The van der Waals surface area contributed by atoms with Gasteiger partial charge in [0.2, 0.25) is 5.91 Å². The van der Waals surface area contributed by atoms with Crippen molar-refractivity contribution in [2.24, 2.45) is 5.92 Å². The number of nitrogens with zero attached hydrogens (tertiary/aromatic N) is 1. The van der Waals surface area contributed by atoms with E-state index in [1.54, 1.807) is 18.2 Å². The summed E-state index contributed by atoms with van der Waals surface area (Å²) in [5.74, 6) is -0.707. The Morgan fingerprint density at radius 2 is 1.68 bits per heavy atom. The number of ketones is 2. The molecule has 1 spiro atoms. The molecule has 7 heteroatoms. The predicted octanol–water partition coefficient (Wildman–Crippen LogP) is 4.27. The summed E-state index contributed by atoms with van der Waals surface area (Å²) in [6.07, 6.45) is 3.92. The molecule has 3 heterocycles. The lowest BCUT2D eigenvalue weighted by atomic mass is 9.64. The monoisotopic (exact) mass is 494 g/mol. The minimum Gasteiger partial charge on any atom is -0.493 e. The van der Waals surface area contributed by atoms with Crippen LogP contribution in [0.1, 0.15) is 28.4 Å². The van der Waals surface area contributed by atoms with Gasteiger partial charge in [-0.3, -0.25) is 14.4 Å². The van der Waals surface area contributed by atoms with Gasteiger partial charge in [0.1, 0.15) is 11.5 Å². The summed E-state index contributed by atoms with van der Waals surface area (Å²) >= 11 is 0. The molecule has 1 fully saturated rings. The molecule has 0 bridgehead atoms. The van der Waals surface area contributed by atoms with E-state index >= 15 is 0 Å².